The largest absolute Gasteiger partial charge is 0.493 e. The number of ether oxygens (including phenoxy) is 2. The Labute approximate surface area is 139 Å². The van der Waals surface area contributed by atoms with Crippen molar-refractivity contribution in [3.8, 4) is 5.75 Å². The van der Waals surface area contributed by atoms with Crippen molar-refractivity contribution >= 4 is 5.91 Å². The van der Waals surface area contributed by atoms with E-state index in [1.807, 2.05) is 24.3 Å². The summed E-state index contributed by atoms with van der Waals surface area (Å²) in [5, 5.41) is 4.12. The van der Waals surface area contributed by atoms with E-state index in [0.29, 0.717) is 31.4 Å². The first-order valence-corrected chi connectivity index (χ1v) is 8.12. The van der Waals surface area contributed by atoms with Gasteiger partial charge < -0.3 is 18.9 Å². The molecule has 0 N–H and O–H groups in total. The topological polar surface area (TPSA) is 77.7 Å². The molecule has 0 saturated carbocycles. The Balaban J connectivity index is 1.38. The molecular weight excluding hydrogens is 310 g/mol. The summed E-state index contributed by atoms with van der Waals surface area (Å²) in [4.78, 5) is 17.4. The first-order chi connectivity index (χ1) is 11.7. The van der Waals surface area contributed by atoms with Crippen LogP contribution in [0.1, 0.15) is 36.5 Å². The van der Waals surface area contributed by atoms with Crippen LogP contribution in [0.4, 0.5) is 0 Å². The lowest BCUT2D eigenvalue weighted by Crippen LogP contribution is -2.53. The van der Waals surface area contributed by atoms with Crippen LogP contribution in [-0.2, 0) is 16.1 Å². The number of likely N-dealkylation sites (tertiary alicyclic amines) is 1. The predicted molar refractivity (Wildman–Crippen MR) is 83.5 cm³/mol. The van der Waals surface area contributed by atoms with Gasteiger partial charge in [-0.2, -0.15) is 4.98 Å². The minimum Gasteiger partial charge on any atom is -0.493 e. The number of amides is 1. The minimum absolute atomic E-state index is 0.0491. The molecule has 0 bridgehead atoms. The molecule has 7 heteroatoms. The molecule has 0 aliphatic carbocycles. The number of fused-ring (bicyclic) bond motifs is 1. The molecular formula is C17H19N3O4. The van der Waals surface area contributed by atoms with Gasteiger partial charge in [-0.1, -0.05) is 23.4 Å². The molecule has 2 aromatic rings. The summed E-state index contributed by atoms with van der Waals surface area (Å²) in [6, 6.07) is 7.95. The quantitative estimate of drug-likeness (QED) is 0.850. The molecule has 7 nitrogen and oxygen atoms in total. The van der Waals surface area contributed by atoms with E-state index in [1.165, 1.54) is 0 Å². The number of carbonyl (C=O) groups is 1. The maximum Gasteiger partial charge on any atom is 0.252 e. The fraction of sp³-hybridized carbons (Fsp3) is 0.471. The van der Waals surface area contributed by atoms with E-state index >= 15 is 0 Å². The van der Waals surface area contributed by atoms with E-state index in [1.54, 1.807) is 11.8 Å². The van der Waals surface area contributed by atoms with Crippen molar-refractivity contribution in [2.24, 2.45) is 0 Å². The maximum absolute atomic E-state index is 11.1. The van der Waals surface area contributed by atoms with E-state index < -0.39 is 0 Å². The molecule has 1 amide bonds. The van der Waals surface area contributed by atoms with Crippen LogP contribution in [0, 0.1) is 0 Å². The monoisotopic (exact) mass is 329 g/mol. The number of carbonyl (C=O) groups excluding carboxylic acids is 1. The van der Waals surface area contributed by atoms with Crippen LogP contribution in [-0.4, -0.2) is 46.7 Å². The first-order valence-electron chi connectivity index (χ1n) is 8.12. The van der Waals surface area contributed by atoms with Crippen LogP contribution in [0.2, 0.25) is 0 Å². The Morgan fingerprint density at radius 3 is 3.04 bits per heavy atom. The van der Waals surface area contributed by atoms with Gasteiger partial charge in [0.15, 0.2) is 5.82 Å². The van der Waals surface area contributed by atoms with E-state index in [2.05, 4.69) is 10.1 Å². The number of hydrogen-bond donors (Lipinski definition) is 0. The van der Waals surface area contributed by atoms with Crippen LogP contribution in [0.3, 0.4) is 0 Å². The summed E-state index contributed by atoms with van der Waals surface area (Å²) in [5.41, 5.74) is 1.09. The first kappa shape index (κ1) is 15.1. The Hall–Kier alpha value is -2.41. The zero-order valence-corrected chi connectivity index (χ0v) is 13.5. The second-order valence-corrected chi connectivity index (χ2v) is 6.13. The Bertz CT molecular complexity index is 739. The zero-order chi connectivity index (χ0) is 16.5. The van der Waals surface area contributed by atoms with Crippen molar-refractivity contribution in [3.05, 3.63) is 41.5 Å². The van der Waals surface area contributed by atoms with Gasteiger partial charge in [-0.25, -0.2) is 0 Å². The van der Waals surface area contributed by atoms with Crippen LogP contribution < -0.4 is 4.74 Å². The number of rotatable bonds is 4. The summed E-state index contributed by atoms with van der Waals surface area (Å²) in [6.07, 6.45) is 0.876. The third-order valence-electron chi connectivity index (χ3n) is 4.49. The van der Waals surface area contributed by atoms with Crippen molar-refractivity contribution in [2.75, 3.05) is 19.7 Å². The number of hydrogen-bond acceptors (Lipinski definition) is 6. The SMILES string of the molecule is CC(=O)N1CC(OCc2nc(C3CCOc4ccccc43)no2)C1. The van der Waals surface area contributed by atoms with E-state index in [9.17, 15) is 4.79 Å². The highest BCUT2D eigenvalue weighted by atomic mass is 16.5. The highest BCUT2D eigenvalue weighted by molar-refractivity contribution is 5.74. The van der Waals surface area contributed by atoms with Gasteiger partial charge in [0.2, 0.25) is 5.91 Å². The number of nitrogens with zero attached hydrogens (tertiary/aromatic N) is 3. The molecule has 1 saturated heterocycles. The van der Waals surface area contributed by atoms with E-state index in [4.69, 9.17) is 14.0 Å². The lowest BCUT2D eigenvalue weighted by molar-refractivity contribution is -0.144. The van der Waals surface area contributed by atoms with Gasteiger partial charge in [0, 0.05) is 25.6 Å². The molecule has 1 aromatic heterocycles. The smallest absolute Gasteiger partial charge is 0.252 e. The molecule has 3 heterocycles. The average molecular weight is 329 g/mol. The predicted octanol–water partition coefficient (Wildman–Crippen LogP) is 1.73. The molecule has 24 heavy (non-hydrogen) atoms. The Morgan fingerprint density at radius 2 is 2.21 bits per heavy atom. The Morgan fingerprint density at radius 1 is 1.38 bits per heavy atom. The fourth-order valence-corrected chi connectivity index (χ4v) is 3.07. The summed E-state index contributed by atoms with van der Waals surface area (Å²) >= 11 is 0. The third kappa shape index (κ3) is 2.87. The van der Waals surface area contributed by atoms with Crippen LogP contribution in [0.5, 0.6) is 5.75 Å². The minimum atomic E-state index is 0.0491. The normalized spacial score (nSPS) is 20.2. The van der Waals surface area contributed by atoms with Gasteiger partial charge in [-0.05, 0) is 12.5 Å². The van der Waals surface area contributed by atoms with E-state index in [-0.39, 0.29) is 24.5 Å². The second kappa shape index (κ2) is 6.24. The van der Waals surface area contributed by atoms with Crippen molar-refractivity contribution in [1.82, 2.24) is 15.0 Å². The van der Waals surface area contributed by atoms with Gasteiger partial charge in [0.05, 0.1) is 18.6 Å². The summed E-state index contributed by atoms with van der Waals surface area (Å²) in [7, 11) is 0. The van der Waals surface area contributed by atoms with Crippen LogP contribution >= 0.6 is 0 Å². The molecule has 2 aliphatic heterocycles. The average Bonchev–Trinajstić information content (AvgIpc) is 3.01. The van der Waals surface area contributed by atoms with E-state index in [0.717, 1.165) is 17.7 Å². The third-order valence-corrected chi connectivity index (χ3v) is 4.49. The molecule has 0 spiro atoms. The van der Waals surface area contributed by atoms with Gasteiger partial charge >= 0.3 is 0 Å². The molecule has 0 radical (unpaired) electrons. The van der Waals surface area contributed by atoms with Crippen molar-refractivity contribution in [2.45, 2.75) is 32.0 Å². The highest BCUT2D eigenvalue weighted by Gasteiger charge is 2.30. The van der Waals surface area contributed by atoms with Gasteiger partial charge in [-0.15, -0.1) is 0 Å². The molecule has 1 unspecified atom stereocenters. The highest BCUT2D eigenvalue weighted by Crippen LogP contribution is 2.36. The molecule has 1 atom stereocenters. The molecule has 1 fully saturated rings. The van der Waals surface area contributed by atoms with Gasteiger partial charge in [0.1, 0.15) is 12.4 Å². The maximum atomic E-state index is 11.1. The fourth-order valence-electron chi connectivity index (χ4n) is 3.07. The summed E-state index contributed by atoms with van der Waals surface area (Å²) in [6.45, 7) is 3.73. The second-order valence-electron chi connectivity index (χ2n) is 6.13. The number of benzene rings is 1. The number of aromatic nitrogens is 2. The van der Waals surface area contributed by atoms with Crippen molar-refractivity contribution < 1.29 is 18.8 Å². The molecule has 126 valence electrons. The van der Waals surface area contributed by atoms with Gasteiger partial charge in [-0.3, -0.25) is 4.79 Å². The Kier molecular flexibility index (Phi) is 3.93. The number of para-hydroxylation sites is 1. The molecule has 2 aliphatic rings. The lowest BCUT2D eigenvalue weighted by Gasteiger charge is -2.37. The molecule has 4 rings (SSSR count). The van der Waals surface area contributed by atoms with Crippen molar-refractivity contribution in [1.29, 1.82) is 0 Å². The lowest BCUT2D eigenvalue weighted by atomic mass is 9.92. The summed E-state index contributed by atoms with van der Waals surface area (Å²) < 4.78 is 16.7. The standard InChI is InChI=1S/C17H19N3O4/c1-11(21)20-8-12(9-20)23-10-16-18-17(19-24-16)14-6-7-22-15-5-3-2-4-13(14)15/h2-5,12,14H,6-10H2,1H3. The zero-order valence-electron chi connectivity index (χ0n) is 13.5. The molecule has 1 aromatic carbocycles. The van der Waals surface area contributed by atoms with Crippen LogP contribution in [0.25, 0.3) is 0 Å². The van der Waals surface area contributed by atoms with Crippen molar-refractivity contribution in [3.63, 3.8) is 0 Å². The van der Waals surface area contributed by atoms with Crippen LogP contribution in [0.15, 0.2) is 28.8 Å². The van der Waals surface area contributed by atoms with Gasteiger partial charge in [0.25, 0.3) is 5.89 Å². The summed E-state index contributed by atoms with van der Waals surface area (Å²) in [5.74, 6) is 2.19.